The normalized spacial score (nSPS) is 27.8. The fraction of sp³-hybridized carbons (Fsp3) is 0.800. The van der Waals surface area contributed by atoms with E-state index >= 15 is 0 Å². The molecule has 3 heteroatoms. The summed E-state index contributed by atoms with van der Waals surface area (Å²) in [6.07, 6.45) is 1.97. The lowest BCUT2D eigenvalue weighted by Crippen LogP contribution is -2.48. The Morgan fingerprint density at radius 3 is 2.23 bits per heavy atom. The van der Waals surface area contributed by atoms with Gasteiger partial charge in [0.15, 0.2) is 0 Å². The molecule has 0 saturated carbocycles. The number of hydrogen-bond donors (Lipinski definition) is 1. The summed E-state index contributed by atoms with van der Waals surface area (Å²) in [5.41, 5.74) is 3.08. The lowest BCUT2D eigenvalue weighted by Gasteiger charge is -2.32. The number of aliphatic imine (C=N–C) groups is 1. The third-order valence-corrected chi connectivity index (χ3v) is 2.59. The molecule has 0 aliphatic carbocycles. The minimum absolute atomic E-state index is 0.0849. The van der Waals surface area contributed by atoms with Gasteiger partial charge in [0, 0.05) is 12.1 Å². The van der Waals surface area contributed by atoms with Crippen LogP contribution in [0.1, 0.15) is 34.6 Å². The van der Waals surface area contributed by atoms with Gasteiger partial charge in [-0.25, -0.2) is 4.99 Å². The highest BCUT2D eigenvalue weighted by molar-refractivity contribution is 5.94. The molecule has 0 bridgehead atoms. The second-order valence-corrected chi connectivity index (χ2v) is 4.43. The van der Waals surface area contributed by atoms with Gasteiger partial charge in [-0.05, 0) is 12.8 Å². The molecule has 0 radical (unpaired) electrons. The van der Waals surface area contributed by atoms with E-state index in [1.54, 1.807) is 0 Å². The molecule has 0 fully saturated rings. The second kappa shape index (κ2) is 3.48. The van der Waals surface area contributed by atoms with Gasteiger partial charge in [0.1, 0.15) is 5.84 Å². The SMILES string of the molecule is CC(C)C1=NNC(C)(C(C)C)C=N1. The Labute approximate surface area is 80.3 Å². The van der Waals surface area contributed by atoms with Crippen molar-refractivity contribution in [3.8, 4) is 0 Å². The molecule has 13 heavy (non-hydrogen) atoms. The number of hydrogen-bond acceptors (Lipinski definition) is 3. The van der Waals surface area contributed by atoms with Gasteiger partial charge in [0.25, 0.3) is 0 Å². The first kappa shape index (κ1) is 10.2. The van der Waals surface area contributed by atoms with Gasteiger partial charge in [-0.15, -0.1) is 0 Å². The van der Waals surface area contributed by atoms with E-state index in [1.807, 2.05) is 6.21 Å². The molecule has 1 unspecified atom stereocenters. The van der Waals surface area contributed by atoms with Gasteiger partial charge in [-0.2, -0.15) is 5.10 Å². The van der Waals surface area contributed by atoms with Crippen LogP contribution >= 0.6 is 0 Å². The molecule has 1 heterocycles. The molecule has 0 aromatic rings. The molecule has 1 aliphatic heterocycles. The maximum absolute atomic E-state index is 4.37. The highest BCUT2D eigenvalue weighted by Crippen LogP contribution is 2.17. The standard InChI is InChI=1S/C10H19N3/c1-7(2)9-11-6-10(5,8(3)4)13-12-9/h6-8,13H,1-5H3. The molecular weight excluding hydrogens is 162 g/mol. The Balaban J connectivity index is 2.73. The van der Waals surface area contributed by atoms with Gasteiger partial charge in [-0.1, -0.05) is 27.7 Å². The summed E-state index contributed by atoms with van der Waals surface area (Å²) in [4.78, 5) is 4.37. The van der Waals surface area contributed by atoms with Crippen molar-refractivity contribution < 1.29 is 0 Å². The fourth-order valence-electron chi connectivity index (χ4n) is 0.992. The fourth-order valence-corrected chi connectivity index (χ4v) is 0.992. The van der Waals surface area contributed by atoms with Crippen molar-refractivity contribution in [1.82, 2.24) is 5.43 Å². The monoisotopic (exact) mass is 181 g/mol. The van der Waals surface area contributed by atoms with Crippen LogP contribution in [-0.2, 0) is 0 Å². The van der Waals surface area contributed by atoms with Crippen LogP contribution in [0.25, 0.3) is 0 Å². The lowest BCUT2D eigenvalue weighted by atomic mass is 9.90. The molecule has 1 N–H and O–H groups in total. The van der Waals surface area contributed by atoms with Crippen LogP contribution in [0.4, 0.5) is 0 Å². The molecule has 0 aromatic heterocycles. The number of nitrogens with zero attached hydrogens (tertiary/aromatic N) is 2. The average molecular weight is 181 g/mol. The summed E-state index contributed by atoms with van der Waals surface area (Å²) >= 11 is 0. The smallest absolute Gasteiger partial charge is 0.150 e. The van der Waals surface area contributed by atoms with Crippen LogP contribution in [0, 0.1) is 11.8 Å². The Morgan fingerprint density at radius 2 is 1.92 bits per heavy atom. The Hall–Kier alpha value is -0.860. The summed E-state index contributed by atoms with van der Waals surface area (Å²) in [6, 6.07) is 0. The van der Waals surface area contributed by atoms with Crippen molar-refractivity contribution in [3.05, 3.63) is 0 Å². The number of rotatable bonds is 2. The summed E-state index contributed by atoms with van der Waals surface area (Å²) in [7, 11) is 0. The molecule has 1 aliphatic rings. The summed E-state index contributed by atoms with van der Waals surface area (Å²) in [5.74, 6) is 1.77. The topological polar surface area (TPSA) is 36.8 Å². The quantitative estimate of drug-likeness (QED) is 0.695. The Morgan fingerprint density at radius 1 is 1.31 bits per heavy atom. The minimum atomic E-state index is -0.0849. The van der Waals surface area contributed by atoms with E-state index in [0.717, 1.165) is 5.84 Å². The van der Waals surface area contributed by atoms with Crippen LogP contribution in [0.5, 0.6) is 0 Å². The Bertz CT molecular complexity index is 241. The zero-order chi connectivity index (χ0) is 10.1. The van der Waals surface area contributed by atoms with Gasteiger partial charge >= 0.3 is 0 Å². The Kier molecular flexibility index (Phi) is 2.74. The van der Waals surface area contributed by atoms with E-state index in [2.05, 4.69) is 50.1 Å². The first-order valence-corrected chi connectivity index (χ1v) is 4.85. The summed E-state index contributed by atoms with van der Waals surface area (Å²) in [5, 5.41) is 4.27. The van der Waals surface area contributed by atoms with Crippen molar-refractivity contribution in [1.29, 1.82) is 0 Å². The summed E-state index contributed by atoms with van der Waals surface area (Å²) < 4.78 is 0. The van der Waals surface area contributed by atoms with Crippen LogP contribution in [-0.4, -0.2) is 17.6 Å². The molecule has 0 aromatic carbocycles. The molecular formula is C10H19N3. The number of nitrogens with one attached hydrogen (secondary N) is 1. The predicted molar refractivity (Wildman–Crippen MR) is 57.1 cm³/mol. The van der Waals surface area contributed by atoms with Gasteiger partial charge in [0.2, 0.25) is 0 Å². The van der Waals surface area contributed by atoms with Crippen molar-refractivity contribution in [3.63, 3.8) is 0 Å². The third kappa shape index (κ3) is 2.08. The molecule has 1 atom stereocenters. The molecule has 0 saturated heterocycles. The van der Waals surface area contributed by atoms with E-state index in [4.69, 9.17) is 0 Å². The van der Waals surface area contributed by atoms with Crippen molar-refractivity contribution >= 4 is 12.1 Å². The minimum Gasteiger partial charge on any atom is -0.297 e. The van der Waals surface area contributed by atoms with Crippen molar-refractivity contribution in [2.75, 3.05) is 0 Å². The summed E-state index contributed by atoms with van der Waals surface area (Å²) in [6.45, 7) is 10.6. The zero-order valence-corrected chi connectivity index (χ0v) is 9.13. The molecule has 3 nitrogen and oxygen atoms in total. The van der Waals surface area contributed by atoms with E-state index in [-0.39, 0.29) is 5.54 Å². The highest BCUT2D eigenvalue weighted by Gasteiger charge is 2.28. The van der Waals surface area contributed by atoms with Gasteiger partial charge in [-0.3, -0.25) is 5.43 Å². The van der Waals surface area contributed by atoms with Gasteiger partial charge < -0.3 is 0 Å². The zero-order valence-electron chi connectivity index (χ0n) is 9.13. The second-order valence-electron chi connectivity index (χ2n) is 4.43. The molecule has 0 spiro atoms. The van der Waals surface area contributed by atoms with Crippen LogP contribution in [0.2, 0.25) is 0 Å². The van der Waals surface area contributed by atoms with E-state index in [0.29, 0.717) is 11.8 Å². The first-order valence-electron chi connectivity index (χ1n) is 4.85. The molecule has 0 amide bonds. The van der Waals surface area contributed by atoms with Crippen LogP contribution in [0.15, 0.2) is 10.1 Å². The van der Waals surface area contributed by atoms with E-state index < -0.39 is 0 Å². The predicted octanol–water partition coefficient (Wildman–Crippen LogP) is 2.04. The molecule has 74 valence electrons. The lowest BCUT2D eigenvalue weighted by molar-refractivity contribution is 0.364. The average Bonchev–Trinajstić information content (AvgIpc) is 2.04. The molecule has 1 rings (SSSR count). The van der Waals surface area contributed by atoms with E-state index in [9.17, 15) is 0 Å². The maximum Gasteiger partial charge on any atom is 0.150 e. The van der Waals surface area contributed by atoms with Crippen molar-refractivity contribution in [2.24, 2.45) is 21.9 Å². The maximum atomic E-state index is 4.37. The van der Waals surface area contributed by atoms with Crippen molar-refractivity contribution in [2.45, 2.75) is 40.2 Å². The first-order chi connectivity index (χ1) is 5.96. The third-order valence-electron chi connectivity index (χ3n) is 2.59. The van der Waals surface area contributed by atoms with Gasteiger partial charge in [0.05, 0.1) is 5.54 Å². The largest absolute Gasteiger partial charge is 0.297 e. The number of hydrazone groups is 1. The highest BCUT2D eigenvalue weighted by atomic mass is 15.4. The van der Waals surface area contributed by atoms with Crippen LogP contribution < -0.4 is 5.43 Å². The number of amidine groups is 1. The van der Waals surface area contributed by atoms with Crippen LogP contribution in [0.3, 0.4) is 0 Å². The van der Waals surface area contributed by atoms with E-state index in [1.165, 1.54) is 0 Å².